The summed E-state index contributed by atoms with van der Waals surface area (Å²) in [6.07, 6.45) is 1.85. The van der Waals surface area contributed by atoms with Crippen molar-refractivity contribution in [3.8, 4) is 0 Å². The van der Waals surface area contributed by atoms with Crippen molar-refractivity contribution in [1.29, 1.82) is 0 Å². The first-order valence-electron chi connectivity index (χ1n) is 9.73. The van der Waals surface area contributed by atoms with Gasteiger partial charge in [-0.1, -0.05) is 81.4 Å². The average molecular weight is 365 g/mol. The number of rotatable bonds is 5. The summed E-state index contributed by atoms with van der Waals surface area (Å²) < 4.78 is 6.96. The Kier molecular flexibility index (Phi) is 4.40. The standard InChI is InChI=1S/C23H28O2Si/c1-23(2,3)26(17-10-6-4-7-11-17,18-12-8-5-9-13-18)25-16-20-19-14-15-21(24)22(19)20/h4-13,19-20,22H,14-16H2,1-3H3/t19-,20-,22-/m0/s1. The van der Waals surface area contributed by atoms with Gasteiger partial charge in [0, 0.05) is 18.9 Å². The van der Waals surface area contributed by atoms with E-state index in [9.17, 15) is 4.79 Å². The van der Waals surface area contributed by atoms with Gasteiger partial charge in [-0.15, -0.1) is 0 Å². The highest BCUT2D eigenvalue weighted by atomic mass is 28.4. The van der Waals surface area contributed by atoms with Crippen molar-refractivity contribution in [2.24, 2.45) is 17.8 Å². The number of hydrogen-bond acceptors (Lipinski definition) is 2. The molecule has 3 atom stereocenters. The molecule has 2 aromatic rings. The van der Waals surface area contributed by atoms with Gasteiger partial charge >= 0.3 is 0 Å². The summed E-state index contributed by atoms with van der Waals surface area (Å²) in [4.78, 5) is 12.0. The molecule has 0 spiro atoms. The minimum atomic E-state index is -2.45. The van der Waals surface area contributed by atoms with Crippen molar-refractivity contribution >= 4 is 24.5 Å². The van der Waals surface area contributed by atoms with Gasteiger partial charge in [-0.05, 0) is 33.7 Å². The van der Waals surface area contributed by atoms with Gasteiger partial charge in [0.25, 0.3) is 8.32 Å². The van der Waals surface area contributed by atoms with E-state index in [1.165, 1.54) is 10.4 Å². The predicted molar refractivity (Wildman–Crippen MR) is 108 cm³/mol. The van der Waals surface area contributed by atoms with Gasteiger partial charge in [0.1, 0.15) is 5.78 Å². The first kappa shape index (κ1) is 17.7. The van der Waals surface area contributed by atoms with E-state index in [2.05, 4.69) is 81.4 Å². The maximum absolute atomic E-state index is 12.0. The van der Waals surface area contributed by atoms with Crippen LogP contribution >= 0.6 is 0 Å². The van der Waals surface area contributed by atoms with Crippen molar-refractivity contribution in [2.45, 2.75) is 38.7 Å². The second-order valence-corrected chi connectivity index (χ2v) is 13.1. The molecule has 0 unspecified atom stereocenters. The van der Waals surface area contributed by atoms with E-state index in [1.807, 2.05) is 0 Å². The Balaban J connectivity index is 1.72. The highest BCUT2D eigenvalue weighted by Crippen LogP contribution is 2.56. The quantitative estimate of drug-likeness (QED) is 0.755. The first-order valence-corrected chi connectivity index (χ1v) is 11.6. The molecule has 0 radical (unpaired) electrons. The van der Waals surface area contributed by atoms with Crippen molar-refractivity contribution in [2.75, 3.05) is 6.61 Å². The topological polar surface area (TPSA) is 26.3 Å². The number of carbonyl (C=O) groups is 1. The molecule has 2 aliphatic rings. The largest absolute Gasteiger partial charge is 0.407 e. The number of carbonyl (C=O) groups excluding carboxylic acids is 1. The average Bonchev–Trinajstić information content (AvgIpc) is 3.20. The smallest absolute Gasteiger partial charge is 0.261 e. The first-order chi connectivity index (χ1) is 12.4. The molecular formula is C23H28O2Si. The normalized spacial score (nSPS) is 25.2. The molecule has 0 saturated heterocycles. The Bertz CT molecular complexity index is 739. The van der Waals surface area contributed by atoms with Crippen LogP contribution in [0.4, 0.5) is 0 Å². The predicted octanol–water partition coefficient (Wildman–Crippen LogP) is 3.79. The SMILES string of the molecule is CC(C)(C)[Si](OC[C@H]1[C@@H]2CCC(=O)[C@@H]21)(c1ccccc1)c1ccccc1. The van der Waals surface area contributed by atoms with Crippen LogP contribution in [-0.4, -0.2) is 20.7 Å². The lowest BCUT2D eigenvalue weighted by atomic mass is 10.1. The zero-order valence-corrected chi connectivity index (χ0v) is 16.9. The third-order valence-electron chi connectivity index (χ3n) is 6.34. The maximum atomic E-state index is 12.0. The van der Waals surface area contributed by atoms with Gasteiger partial charge in [0.05, 0.1) is 0 Å². The fourth-order valence-corrected chi connectivity index (χ4v) is 9.60. The molecule has 136 valence electrons. The van der Waals surface area contributed by atoms with Gasteiger partial charge in [-0.25, -0.2) is 0 Å². The van der Waals surface area contributed by atoms with Gasteiger partial charge in [-0.2, -0.15) is 0 Å². The number of Topliss-reactive ketones (excluding diaryl/α,β-unsaturated/α-hetero) is 1. The Hall–Kier alpha value is -1.71. The summed E-state index contributed by atoms with van der Waals surface area (Å²) in [5.74, 6) is 1.78. The van der Waals surface area contributed by atoms with Gasteiger partial charge in [0.15, 0.2) is 0 Å². The van der Waals surface area contributed by atoms with Gasteiger partial charge < -0.3 is 4.43 Å². The highest BCUT2D eigenvalue weighted by Gasteiger charge is 2.59. The minimum absolute atomic E-state index is 0.00369. The van der Waals surface area contributed by atoms with Crippen LogP contribution in [0.5, 0.6) is 0 Å². The van der Waals surface area contributed by atoms with E-state index < -0.39 is 8.32 Å². The lowest BCUT2D eigenvalue weighted by molar-refractivity contribution is -0.119. The molecule has 2 aromatic carbocycles. The molecular weight excluding hydrogens is 336 g/mol. The summed E-state index contributed by atoms with van der Waals surface area (Å²) in [6.45, 7) is 7.63. The summed E-state index contributed by atoms with van der Waals surface area (Å²) in [5.41, 5.74) is 0. The fourth-order valence-electron chi connectivity index (χ4n) is 5.00. The van der Waals surface area contributed by atoms with Crippen molar-refractivity contribution < 1.29 is 9.22 Å². The molecule has 0 amide bonds. The summed E-state index contributed by atoms with van der Waals surface area (Å²) in [7, 11) is -2.45. The molecule has 26 heavy (non-hydrogen) atoms. The minimum Gasteiger partial charge on any atom is -0.407 e. The number of benzene rings is 2. The van der Waals surface area contributed by atoms with E-state index in [-0.39, 0.29) is 11.0 Å². The summed E-state index contributed by atoms with van der Waals surface area (Å²) in [5, 5.41) is 2.63. The summed E-state index contributed by atoms with van der Waals surface area (Å²) >= 11 is 0. The maximum Gasteiger partial charge on any atom is 0.261 e. The highest BCUT2D eigenvalue weighted by molar-refractivity contribution is 6.99. The Morgan fingerprint density at radius 1 is 0.962 bits per heavy atom. The van der Waals surface area contributed by atoms with E-state index >= 15 is 0 Å². The summed E-state index contributed by atoms with van der Waals surface area (Å²) in [6, 6.07) is 21.5. The number of fused-ring (bicyclic) bond motifs is 1. The van der Waals surface area contributed by atoms with Crippen LogP contribution in [0.2, 0.25) is 5.04 Å². The van der Waals surface area contributed by atoms with Gasteiger partial charge in [0.2, 0.25) is 0 Å². The van der Waals surface area contributed by atoms with Crippen LogP contribution < -0.4 is 10.4 Å². The lowest BCUT2D eigenvalue weighted by Crippen LogP contribution is -2.66. The van der Waals surface area contributed by atoms with Crippen molar-refractivity contribution in [3.63, 3.8) is 0 Å². The number of hydrogen-bond donors (Lipinski definition) is 0. The Morgan fingerprint density at radius 3 is 1.92 bits per heavy atom. The van der Waals surface area contributed by atoms with Crippen LogP contribution in [0.25, 0.3) is 0 Å². The third-order valence-corrected chi connectivity index (χ3v) is 11.3. The molecule has 0 aliphatic heterocycles. The molecule has 0 N–H and O–H groups in total. The zero-order chi connectivity index (χ0) is 18.4. The van der Waals surface area contributed by atoms with Crippen LogP contribution in [0.15, 0.2) is 60.7 Å². The van der Waals surface area contributed by atoms with Crippen LogP contribution in [0, 0.1) is 17.8 Å². The molecule has 3 heteroatoms. The zero-order valence-electron chi connectivity index (χ0n) is 15.9. The molecule has 2 nitrogen and oxygen atoms in total. The fraction of sp³-hybridized carbons (Fsp3) is 0.435. The van der Waals surface area contributed by atoms with Crippen molar-refractivity contribution in [1.82, 2.24) is 0 Å². The molecule has 4 rings (SSSR count). The van der Waals surface area contributed by atoms with Crippen LogP contribution in [-0.2, 0) is 9.22 Å². The molecule has 2 fully saturated rings. The van der Waals surface area contributed by atoms with Gasteiger partial charge in [-0.3, -0.25) is 4.79 Å². The lowest BCUT2D eigenvalue weighted by Gasteiger charge is -2.43. The Morgan fingerprint density at radius 2 is 1.50 bits per heavy atom. The number of ketones is 1. The monoisotopic (exact) mass is 364 g/mol. The second kappa shape index (κ2) is 6.47. The third kappa shape index (κ3) is 2.78. The van der Waals surface area contributed by atoms with Crippen LogP contribution in [0.3, 0.4) is 0 Å². The van der Waals surface area contributed by atoms with E-state index in [0.717, 1.165) is 12.8 Å². The molecule has 0 bridgehead atoms. The van der Waals surface area contributed by atoms with Crippen LogP contribution in [0.1, 0.15) is 33.6 Å². The second-order valence-electron chi connectivity index (χ2n) is 8.83. The van der Waals surface area contributed by atoms with E-state index in [4.69, 9.17) is 4.43 Å². The van der Waals surface area contributed by atoms with E-state index in [1.54, 1.807) is 0 Å². The molecule has 0 heterocycles. The molecule has 0 aromatic heterocycles. The van der Waals surface area contributed by atoms with Crippen molar-refractivity contribution in [3.05, 3.63) is 60.7 Å². The van der Waals surface area contributed by atoms with E-state index in [0.29, 0.717) is 24.2 Å². The molecule has 2 aliphatic carbocycles. The molecule has 2 saturated carbocycles. The Labute approximate surface area is 157 Å².